The van der Waals surface area contributed by atoms with Gasteiger partial charge in [-0.25, -0.2) is 4.79 Å². The van der Waals surface area contributed by atoms with Gasteiger partial charge in [-0.2, -0.15) is 13.2 Å². The summed E-state index contributed by atoms with van der Waals surface area (Å²) in [5.74, 6) is -1.04. The monoisotopic (exact) mass is 302 g/mol. The molecule has 20 heavy (non-hydrogen) atoms. The van der Waals surface area contributed by atoms with Crippen molar-refractivity contribution < 1.29 is 27.8 Å². The molecule has 0 unspecified atom stereocenters. The molecule has 2 aromatic rings. The lowest BCUT2D eigenvalue weighted by atomic mass is 10.1. The highest BCUT2D eigenvalue weighted by Gasteiger charge is 2.30. The van der Waals surface area contributed by atoms with Crippen LogP contribution in [0, 0.1) is 0 Å². The third-order valence-corrected chi connectivity index (χ3v) is 3.71. The summed E-state index contributed by atoms with van der Waals surface area (Å²) in [7, 11) is 1.16. The molecule has 3 nitrogen and oxygen atoms in total. The highest BCUT2D eigenvalue weighted by molar-refractivity contribution is 7.17. The average molecular weight is 302 g/mol. The Bertz CT molecular complexity index is 647. The first kappa shape index (κ1) is 14.4. The molecule has 7 heteroatoms. The van der Waals surface area contributed by atoms with Gasteiger partial charge in [0, 0.05) is 4.88 Å². The molecule has 0 spiro atoms. The molecule has 1 aromatic carbocycles. The Balaban J connectivity index is 2.45. The van der Waals surface area contributed by atoms with Gasteiger partial charge in [0.15, 0.2) is 4.88 Å². The molecule has 1 heterocycles. The Morgan fingerprint density at radius 2 is 2.00 bits per heavy atom. The zero-order valence-electron chi connectivity index (χ0n) is 10.2. The average Bonchev–Trinajstić information content (AvgIpc) is 2.79. The summed E-state index contributed by atoms with van der Waals surface area (Å²) in [4.78, 5) is 11.7. The smallest absolute Gasteiger partial charge is 0.416 e. The number of benzene rings is 1. The first-order valence-electron chi connectivity index (χ1n) is 5.41. The SMILES string of the molecule is COC(=O)c1sc(-c2cccc(C(F)(F)F)c2)cc1O. The fourth-order valence-corrected chi connectivity index (χ4v) is 2.58. The topological polar surface area (TPSA) is 46.5 Å². The number of halogens is 3. The van der Waals surface area contributed by atoms with Gasteiger partial charge in [-0.05, 0) is 23.8 Å². The molecule has 0 aliphatic rings. The fraction of sp³-hybridized carbons (Fsp3) is 0.154. The van der Waals surface area contributed by atoms with Crippen LogP contribution in [0.5, 0.6) is 5.75 Å². The van der Waals surface area contributed by atoms with E-state index in [0.717, 1.165) is 30.6 Å². The molecule has 0 radical (unpaired) electrons. The number of aromatic hydroxyl groups is 1. The largest absolute Gasteiger partial charge is 0.506 e. The summed E-state index contributed by atoms with van der Waals surface area (Å²) < 4.78 is 42.4. The van der Waals surface area contributed by atoms with E-state index < -0.39 is 17.7 Å². The Labute approximate surface area is 116 Å². The van der Waals surface area contributed by atoms with Crippen LogP contribution in [0.3, 0.4) is 0 Å². The van der Waals surface area contributed by atoms with Crippen LogP contribution in [0.2, 0.25) is 0 Å². The van der Waals surface area contributed by atoms with Crippen LogP contribution in [-0.2, 0) is 10.9 Å². The second-order valence-corrected chi connectivity index (χ2v) is 4.95. The molecule has 0 bridgehead atoms. The Kier molecular flexibility index (Phi) is 3.71. The van der Waals surface area contributed by atoms with Crippen LogP contribution >= 0.6 is 11.3 Å². The molecule has 0 aliphatic carbocycles. The van der Waals surface area contributed by atoms with Crippen molar-refractivity contribution in [2.24, 2.45) is 0 Å². The molecule has 0 saturated carbocycles. The zero-order valence-corrected chi connectivity index (χ0v) is 11.0. The van der Waals surface area contributed by atoms with E-state index in [2.05, 4.69) is 4.74 Å². The maximum Gasteiger partial charge on any atom is 0.416 e. The Morgan fingerprint density at radius 3 is 2.60 bits per heavy atom. The van der Waals surface area contributed by atoms with E-state index in [1.165, 1.54) is 18.2 Å². The maximum absolute atomic E-state index is 12.6. The molecule has 0 amide bonds. The van der Waals surface area contributed by atoms with Gasteiger partial charge in [0.25, 0.3) is 0 Å². The molecule has 0 saturated heterocycles. The summed E-state index contributed by atoms with van der Waals surface area (Å²) in [5, 5.41) is 9.61. The number of hydrogen-bond donors (Lipinski definition) is 1. The van der Waals surface area contributed by atoms with Crippen LogP contribution < -0.4 is 0 Å². The summed E-state index contributed by atoms with van der Waals surface area (Å²) in [6, 6.07) is 5.91. The third kappa shape index (κ3) is 2.77. The van der Waals surface area contributed by atoms with Gasteiger partial charge in [0.05, 0.1) is 12.7 Å². The lowest BCUT2D eigenvalue weighted by molar-refractivity contribution is -0.137. The first-order valence-corrected chi connectivity index (χ1v) is 6.23. The molecule has 1 N–H and O–H groups in total. The zero-order chi connectivity index (χ0) is 14.9. The first-order chi connectivity index (χ1) is 9.32. The second kappa shape index (κ2) is 5.16. The van der Waals surface area contributed by atoms with Gasteiger partial charge in [-0.15, -0.1) is 11.3 Å². The minimum atomic E-state index is -4.44. The molecular formula is C13H9F3O3S. The second-order valence-electron chi connectivity index (χ2n) is 3.90. The van der Waals surface area contributed by atoms with E-state index in [1.807, 2.05) is 0 Å². The number of thiophene rings is 1. The predicted molar refractivity (Wildman–Crippen MR) is 67.8 cm³/mol. The van der Waals surface area contributed by atoms with Crippen molar-refractivity contribution in [3.05, 3.63) is 40.8 Å². The van der Waals surface area contributed by atoms with Crippen LogP contribution in [0.25, 0.3) is 10.4 Å². The predicted octanol–water partition coefficient (Wildman–Crippen LogP) is 3.93. The number of rotatable bonds is 2. The van der Waals surface area contributed by atoms with Gasteiger partial charge in [0.1, 0.15) is 5.75 Å². The van der Waals surface area contributed by atoms with Crippen LogP contribution in [0.15, 0.2) is 30.3 Å². The highest BCUT2D eigenvalue weighted by Crippen LogP contribution is 2.38. The van der Waals surface area contributed by atoms with Crippen molar-refractivity contribution in [3.63, 3.8) is 0 Å². The van der Waals surface area contributed by atoms with Crippen LogP contribution in [0.4, 0.5) is 13.2 Å². The van der Waals surface area contributed by atoms with Crippen molar-refractivity contribution in [2.75, 3.05) is 7.11 Å². The van der Waals surface area contributed by atoms with Crippen molar-refractivity contribution in [1.82, 2.24) is 0 Å². The number of hydrogen-bond acceptors (Lipinski definition) is 4. The molecule has 2 rings (SSSR count). The number of esters is 1. The number of carbonyl (C=O) groups excluding carboxylic acids is 1. The van der Waals surface area contributed by atoms with Gasteiger partial charge in [-0.3, -0.25) is 0 Å². The quantitative estimate of drug-likeness (QED) is 0.855. The maximum atomic E-state index is 12.6. The normalized spacial score (nSPS) is 11.4. The molecular weight excluding hydrogens is 293 g/mol. The van der Waals surface area contributed by atoms with E-state index >= 15 is 0 Å². The van der Waals surface area contributed by atoms with Crippen LogP contribution in [0.1, 0.15) is 15.2 Å². The standard InChI is InChI=1S/C13H9F3O3S/c1-19-12(18)11-9(17)6-10(20-11)7-3-2-4-8(5-7)13(14,15)16/h2-6,17H,1H3. The molecule has 0 atom stereocenters. The molecule has 1 aromatic heterocycles. The summed E-state index contributed by atoms with van der Waals surface area (Å²) in [6.07, 6.45) is -4.44. The lowest BCUT2D eigenvalue weighted by Crippen LogP contribution is -2.04. The van der Waals surface area contributed by atoms with E-state index in [9.17, 15) is 23.1 Å². The van der Waals surface area contributed by atoms with Crippen molar-refractivity contribution >= 4 is 17.3 Å². The molecule has 0 aliphatic heterocycles. The van der Waals surface area contributed by atoms with E-state index in [1.54, 1.807) is 0 Å². The van der Waals surface area contributed by atoms with Crippen molar-refractivity contribution in [1.29, 1.82) is 0 Å². The van der Waals surface area contributed by atoms with Crippen molar-refractivity contribution in [2.45, 2.75) is 6.18 Å². The summed E-state index contributed by atoms with van der Waals surface area (Å²) >= 11 is 0.873. The third-order valence-electron chi connectivity index (χ3n) is 2.56. The Morgan fingerprint density at radius 1 is 1.30 bits per heavy atom. The summed E-state index contributed by atoms with van der Waals surface area (Å²) in [5.41, 5.74) is -0.516. The fourth-order valence-electron chi connectivity index (χ4n) is 1.61. The van der Waals surface area contributed by atoms with Gasteiger partial charge < -0.3 is 9.84 Å². The summed E-state index contributed by atoms with van der Waals surface area (Å²) in [6.45, 7) is 0. The number of ether oxygens (including phenoxy) is 1. The number of carbonyl (C=O) groups is 1. The number of methoxy groups -OCH3 is 1. The van der Waals surface area contributed by atoms with E-state index in [4.69, 9.17) is 0 Å². The lowest BCUT2D eigenvalue weighted by Gasteiger charge is -2.07. The molecule has 0 fully saturated rings. The highest BCUT2D eigenvalue weighted by atomic mass is 32.1. The minimum Gasteiger partial charge on any atom is -0.506 e. The van der Waals surface area contributed by atoms with Gasteiger partial charge in [-0.1, -0.05) is 12.1 Å². The van der Waals surface area contributed by atoms with Crippen LogP contribution in [-0.4, -0.2) is 18.2 Å². The van der Waals surface area contributed by atoms with E-state index in [0.29, 0.717) is 4.88 Å². The number of alkyl halides is 3. The van der Waals surface area contributed by atoms with E-state index in [-0.39, 0.29) is 16.2 Å². The van der Waals surface area contributed by atoms with Crippen molar-refractivity contribution in [3.8, 4) is 16.2 Å². The minimum absolute atomic E-state index is 0.0417. The molecule has 106 valence electrons. The van der Waals surface area contributed by atoms with Gasteiger partial charge >= 0.3 is 12.1 Å². The Hall–Kier alpha value is -2.02. The van der Waals surface area contributed by atoms with Gasteiger partial charge in [0.2, 0.25) is 0 Å².